The molecule has 7 heteroatoms. The third kappa shape index (κ3) is 3.43. The summed E-state index contributed by atoms with van der Waals surface area (Å²) < 4.78 is 40.5. The number of rotatable bonds is 3. The van der Waals surface area contributed by atoms with Gasteiger partial charge in [0.25, 0.3) is 6.71 Å². The van der Waals surface area contributed by atoms with E-state index >= 15 is 8.78 Å². The maximum absolute atomic E-state index is 16.1. The molecule has 48 heavy (non-hydrogen) atoms. The molecule has 0 amide bonds. The van der Waals surface area contributed by atoms with Crippen LogP contribution in [-0.4, -0.2) is 11.3 Å². The highest BCUT2D eigenvalue weighted by molar-refractivity contribution is 7.00. The van der Waals surface area contributed by atoms with E-state index in [4.69, 9.17) is 4.42 Å². The van der Waals surface area contributed by atoms with E-state index in [1.807, 2.05) is 41.3 Å². The number of para-hydroxylation sites is 3. The van der Waals surface area contributed by atoms with E-state index in [0.29, 0.717) is 17.0 Å². The fraction of sp³-hybridized carbons (Fsp3) is 0.0732. The summed E-state index contributed by atoms with van der Waals surface area (Å²) >= 11 is 0. The van der Waals surface area contributed by atoms with E-state index in [-0.39, 0.29) is 18.3 Å². The predicted octanol–water partition coefficient (Wildman–Crippen LogP) is 9.00. The van der Waals surface area contributed by atoms with E-state index in [9.17, 15) is 0 Å². The van der Waals surface area contributed by atoms with Gasteiger partial charge in [0.15, 0.2) is 5.58 Å². The molecule has 0 saturated carbocycles. The van der Waals surface area contributed by atoms with Crippen LogP contribution in [-0.2, 0) is 13.5 Å². The van der Waals surface area contributed by atoms with Crippen LogP contribution in [0.15, 0.2) is 126 Å². The molecule has 0 saturated heterocycles. The third-order valence-corrected chi connectivity index (χ3v) is 10.4. The summed E-state index contributed by atoms with van der Waals surface area (Å²) in [6.45, 7) is 1.95. The number of hydrogen-bond donors (Lipinski definition) is 0. The van der Waals surface area contributed by atoms with Crippen LogP contribution in [0.5, 0.6) is 0 Å². The van der Waals surface area contributed by atoms with Gasteiger partial charge in [-0.05, 0) is 70.8 Å². The number of fused-ring (bicyclic) bond motifs is 10. The molecular weight excluding hydrogens is 599 g/mol. The number of anilines is 6. The second-order valence-electron chi connectivity index (χ2n) is 12.7. The van der Waals surface area contributed by atoms with Crippen LogP contribution in [0, 0.1) is 11.6 Å². The minimum absolute atomic E-state index is 0.227. The molecule has 0 atom stereocenters. The van der Waals surface area contributed by atoms with E-state index in [1.165, 1.54) is 28.6 Å². The van der Waals surface area contributed by atoms with E-state index in [0.717, 1.165) is 61.8 Å². The molecule has 2 aliphatic rings. The minimum Gasteiger partial charge on any atom is -0.462 e. The molecule has 0 N–H and O–H groups in total. The number of aryl methyl sites for hydroxylation is 2. The first kappa shape index (κ1) is 27.3. The quantitative estimate of drug-likeness (QED) is 0.183. The molecule has 2 aliphatic heterocycles. The summed E-state index contributed by atoms with van der Waals surface area (Å²) in [6.07, 6.45) is 2.59. The lowest BCUT2D eigenvalue weighted by molar-refractivity contribution is 0.615. The highest BCUT2D eigenvalue weighted by Gasteiger charge is 2.45. The Hall–Kier alpha value is -5.82. The Morgan fingerprint density at radius 1 is 0.604 bits per heavy atom. The lowest BCUT2D eigenvalue weighted by Crippen LogP contribution is -2.61. The Morgan fingerprint density at radius 2 is 1.21 bits per heavy atom. The van der Waals surface area contributed by atoms with Crippen molar-refractivity contribution in [2.75, 3.05) is 9.80 Å². The molecule has 4 nitrogen and oxygen atoms in total. The third-order valence-electron chi connectivity index (χ3n) is 10.4. The number of furan rings is 1. The van der Waals surface area contributed by atoms with Crippen molar-refractivity contribution < 1.29 is 13.2 Å². The van der Waals surface area contributed by atoms with Gasteiger partial charge < -0.3 is 18.8 Å². The summed E-state index contributed by atoms with van der Waals surface area (Å²) in [5.74, 6) is -0.654. The number of halogens is 2. The molecule has 8 aromatic rings. The topological polar surface area (TPSA) is 24.6 Å². The van der Waals surface area contributed by atoms with Crippen LogP contribution < -0.4 is 26.2 Å². The first-order valence-corrected chi connectivity index (χ1v) is 16.3. The smallest absolute Gasteiger partial charge is 0.252 e. The SMILES string of the molecule is CCc1cccc2c3ccc4c(c3n(C)c12)N(c1ccccc1F)c1cccc2c1B4c1ccc3ccoc3c1N2c1ccccc1F. The van der Waals surface area contributed by atoms with Gasteiger partial charge in [-0.3, -0.25) is 0 Å². The van der Waals surface area contributed by atoms with E-state index < -0.39 is 0 Å². The molecule has 230 valence electrons. The van der Waals surface area contributed by atoms with Gasteiger partial charge in [0.2, 0.25) is 0 Å². The predicted molar refractivity (Wildman–Crippen MR) is 194 cm³/mol. The molecule has 2 aromatic heterocycles. The average Bonchev–Trinajstić information content (AvgIpc) is 3.72. The second kappa shape index (κ2) is 9.85. The van der Waals surface area contributed by atoms with Gasteiger partial charge in [0.05, 0.1) is 40.0 Å². The molecule has 0 fully saturated rings. The summed E-state index contributed by atoms with van der Waals surface area (Å²) in [4.78, 5) is 4.07. The van der Waals surface area contributed by atoms with Gasteiger partial charge in [-0.1, -0.05) is 79.7 Å². The summed E-state index contributed by atoms with van der Waals surface area (Å²) in [6, 6.07) is 37.0. The molecule has 0 radical (unpaired) electrons. The van der Waals surface area contributed by atoms with Crippen molar-refractivity contribution in [2.45, 2.75) is 13.3 Å². The van der Waals surface area contributed by atoms with Crippen LogP contribution >= 0.6 is 0 Å². The summed E-state index contributed by atoms with van der Waals surface area (Å²) in [5, 5.41) is 3.23. The lowest BCUT2D eigenvalue weighted by Gasteiger charge is -2.44. The Kier molecular flexibility index (Phi) is 5.60. The van der Waals surface area contributed by atoms with Gasteiger partial charge in [-0.2, -0.15) is 0 Å². The zero-order valence-corrected chi connectivity index (χ0v) is 26.3. The van der Waals surface area contributed by atoms with Crippen molar-refractivity contribution in [1.82, 2.24) is 4.57 Å². The molecule has 4 heterocycles. The Balaban J connectivity index is 1.40. The lowest BCUT2D eigenvalue weighted by atomic mass is 9.33. The van der Waals surface area contributed by atoms with Crippen molar-refractivity contribution in [1.29, 1.82) is 0 Å². The van der Waals surface area contributed by atoms with Crippen LogP contribution in [0.2, 0.25) is 0 Å². The highest BCUT2D eigenvalue weighted by atomic mass is 19.1. The number of benzene rings is 6. The van der Waals surface area contributed by atoms with Gasteiger partial charge in [0, 0.05) is 34.6 Å². The highest BCUT2D eigenvalue weighted by Crippen LogP contribution is 2.49. The van der Waals surface area contributed by atoms with Crippen molar-refractivity contribution in [3.63, 3.8) is 0 Å². The van der Waals surface area contributed by atoms with Crippen LogP contribution in [0.25, 0.3) is 32.8 Å². The van der Waals surface area contributed by atoms with Crippen LogP contribution in [0.4, 0.5) is 42.9 Å². The fourth-order valence-electron chi connectivity index (χ4n) is 8.43. The van der Waals surface area contributed by atoms with Crippen molar-refractivity contribution in [3.8, 4) is 0 Å². The Labute approximate surface area is 276 Å². The first-order valence-electron chi connectivity index (χ1n) is 16.3. The maximum atomic E-state index is 16.1. The van der Waals surface area contributed by atoms with Crippen molar-refractivity contribution in [3.05, 3.63) is 139 Å². The number of hydrogen-bond acceptors (Lipinski definition) is 3. The fourth-order valence-corrected chi connectivity index (χ4v) is 8.43. The molecule has 10 rings (SSSR count). The van der Waals surface area contributed by atoms with Crippen LogP contribution in [0.3, 0.4) is 0 Å². The van der Waals surface area contributed by atoms with E-state index in [2.05, 4.69) is 72.0 Å². The summed E-state index contributed by atoms with van der Waals surface area (Å²) in [5.41, 5.74) is 11.6. The molecule has 0 aliphatic carbocycles. The van der Waals surface area contributed by atoms with Crippen LogP contribution in [0.1, 0.15) is 12.5 Å². The Bertz CT molecular complexity index is 2640. The monoisotopic (exact) mass is 627 g/mol. The number of nitrogens with zero attached hydrogens (tertiary/aromatic N) is 3. The van der Waals surface area contributed by atoms with Gasteiger partial charge >= 0.3 is 0 Å². The van der Waals surface area contributed by atoms with Crippen molar-refractivity contribution >= 4 is 90.0 Å². The van der Waals surface area contributed by atoms with Gasteiger partial charge in [0.1, 0.15) is 11.6 Å². The standard InChI is InChI=1S/C41H28BF2N3O/c1-3-24-10-8-11-26-27-19-21-28-39(38(27)45(2)37(24)26)46(32-14-6-4-12-30(32)43)34-16-9-17-35-36(34)42(28)29-20-18-25-22-23-48-41(25)40(29)47(35)33-15-7-5-13-31(33)44/h4-23H,3H2,1-2H3. The molecule has 0 bridgehead atoms. The molecule has 0 spiro atoms. The van der Waals surface area contributed by atoms with Crippen molar-refractivity contribution in [2.24, 2.45) is 7.05 Å². The number of aromatic nitrogens is 1. The van der Waals surface area contributed by atoms with E-state index in [1.54, 1.807) is 24.5 Å². The molecule has 6 aromatic carbocycles. The largest absolute Gasteiger partial charge is 0.462 e. The molecule has 0 unspecified atom stereocenters. The second-order valence-corrected chi connectivity index (χ2v) is 12.7. The average molecular weight is 628 g/mol. The zero-order valence-electron chi connectivity index (χ0n) is 26.3. The van der Waals surface area contributed by atoms with Gasteiger partial charge in [-0.25, -0.2) is 8.78 Å². The molecular formula is C41H28BF2N3O. The Morgan fingerprint density at radius 3 is 1.92 bits per heavy atom. The first-order chi connectivity index (χ1) is 23.6. The zero-order chi connectivity index (χ0) is 32.3. The van der Waals surface area contributed by atoms with Gasteiger partial charge in [-0.15, -0.1) is 0 Å². The summed E-state index contributed by atoms with van der Waals surface area (Å²) in [7, 11) is 2.12. The normalized spacial score (nSPS) is 13.4. The maximum Gasteiger partial charge on any atom is 0.252 e. The minimum atomic E-state index is -0.339.